The van der Waals surface area contributed by atoms with E-state index in [2.05, 4.69) is 41.9 Å². The number of imidazole rings is 1. The van der Waals surface area contributed by atoms with Crippen LogP contribution in [0.2, 0.25) is 0 Å². The summed E-state index contributed by atoms with van der Waals surface area (Å²) in [5, 5.41) is 53.1. The van der Waals surface area contributed by atoms with Crippen molar-refractivity contribution in [2.24, 2.45) is 17.4 Å². The topological polar surface area (TPSA) is 370 Å². The van der Waals surface area contributed by atoms with Crippen LogP contribution >= 0.6 is 0 Å². The Morgan fingerprint density at radius 1 is 0.707 bits per heavy atom. The Labute approximate surface area is 333 Å². The summed E-state index contributed by atoms with van der Waals surface area (Å²) in [4.78, 5) is 111. The Bertz CT molecular complexity index is 1710. The van der Waals surface area contributed by atoms with Crippen molar-refractivity contribution < 1.29 is 58.8 Å². The summed E-state index contributed by atoms with van der Waals surface area (Å²) in [5.74, 6) is -9.12. The lowest BCUT2D eigenvalue weighted by Gasteiger charge is -2.29. The first-order valence-corrected chi connectivity index (χ1v) is 18.4. The SMILES string of the molecule is CC[C@H](C)[C@H](NC(=O)[C@H](Cc1ccccc1)NC(=O)[C@H](Cc1cnc[nH]1)NC(=O)[C@@H](NC(=O)[C@@H](N)CO)[C@@H](C)O)C(=O)N[C@@H](CC(N)=O)C(=O)N[C@H](C(=O)O)[C@@H](C)O. The van der Waals surface area contributed by atoms with Crippen molar-refractivity contribution in [1.29, 1.82) is 0 Å². The monoisotopic (exact) mass is 818 g/mol. The zero-order valence-electron chi connectivity index (χ0n) is 32.5. The second-order valence-corrected chi connectivity index (χ2v) is 13.8. The highest BCUT2D eigenvalue weighted by Gasteiger charge is 2.37. The number of H-pyrrole nitrogens is 1. The molecule has 7 amide bonds. The van der Waals surface area contributed by atoms with Crippen molar-refractivity contribution in [2.75, 3.05) is 6.61 Å². The van der Waals surface area contributed by atoms with E-state index in [9.17, 15) is 58.8 Å². The Kier molecular flexibility index (Phi) is 19.4. The number of nitrogens with two attached hydrogens (primary N) is 2. The third-order valence-electron chi connectivity index (χ3n) is 9.00. The average molecular weight is 819 g/mol. The van der Waals surface area contributed by atoms with Gasteiger partial charge in [-0.15, -0.1) is 0 Å². The van der Waals surface area contributed by atoms with E-state index >= 15 is 0 Å². The van der Waals surface area contributed by atoms with Crippen LogP contribution in [-0.2, 0) is 51.2 Å². The van der Waals surface area contributed by atoms with E-state index in [1.807, 2.05) is 0 Å². The van der Waals surface area contributed by atoms with Gasteiger partial charge in [0.15, 0.2) is 6.04 Å². The fourth-order valence-electron chi connectivity index (χ4n) is 5.44. The van der Waals surface area contributed by atoms with Crippen molar-refractivity contribution in [3.8, 4) is 0 Å². The minimum Gasteiger partial charge on any atom is -0.480 e. The number of carbonyl (C=O) groups is 8. The number of primary amides is 1. The molecule has 1 aromatic heterocycles. The molecule has 10 atom stereocenters. The highest BCUT2D eigenvalue weighted by Crippen LogP contribution is 2.12. The molecule has 320 valence electrons. The molecule has 0 aliphatic rings. The van der Waals surface area contributed by atoms with Gasteiger partial charge in [0.1, 0.15) is 36.3 Å². The number of aliphatic hydroxyl groups excluding tert-OH is 3. The number of nitrogens with one attached hydrogen (secondary N) is 7. The molecule has 0 aliphatic heterocycles. The number of hydrogen-bond donors (Lipinski definition) is 13. The number of aromatic nitrogens is 2. The number of aliphatic hydroxyl groups is 3. The number of benzene rings is 1. The van der Waals surface area contributed by atoms with Gasteiger partial charge in [-0.2, -0.15) is 0 Å². The van der Waals surface area contributed by atoms with Crippen LogP contribution in [-0.4, -0.2) is 139 Å². The third-order valence-corrected chi connectivity index (χ3v) is 9.00. The maximum absolute atomic E-state index is 14.1. The third kappa shape index (κ3) is 15.2. The number of nitrogens with zero attached hydrogens (tertiary/aromatic N) is 1. The highest BCUT2D eigenvalue weighted by atomic mass is 16.4. The molecule has 0 spiro atoms. The number of carboxylic acids is 1. The molecule has 0 bridgehead atoms. The quantitative estimate of drug-likeness (QED) is 0.0473. The molecule has 1 heterocycles. The summed E-state index contributed by atoms with van der Waals surface area (Å²) in [5.41, 5.74) is 11.8. The van der Waals surface area contributed by atoms with Crippen molar-refractivity contribution in [3.63, 3.8) is 0 Å². The van der Waals surface area contributed by atoms with Crippen LogP contribution in [0.5, 0.6) is 0 Å². The molecule has 0 saturated heterocycles. The van der Waals surface area contributed by atoms with Crippen molar-refractivity contribution in [3.05, 3.63) is 54.1 Å². The van der Waals surface area contributed by atoms with Gasteiger partial charge in [0.05, 0.1) is 31.6 Å². The van der Waals surface area contributed by atoms with E-state index in [1.165, 1.54) is 19.4 Å². The lowest BCUT2D eigenvalue weighted by Crippen LogP contribution is -2.62. The molecule has 0 unspecified atom stereocenters. The molecule has 2 aromatic rings. The van der Waals surface area contributed by atoms with Crippen molar-refractivity contribution in [1.82, 2.24) is 41.9 Å². The van der Waals surface area contributed by atoms with Crippen molar-refractivity contribution >= 4 is 47.3 Å². The molecule has 2 rings (SSSR count). The van der Waals surface area contributed by atoms with E-state index in [0.717, 1.165) is 6.92 Å². The molecular formula is C36H54N10O12. The van der Waals surface area contributed by atoms with Gasteiger partial charge in [-0.3, -0.25) is 33.6 Å². The zero-order chi connectivity index (χ0) is 43.7. The van der Waals surface area contributed by atoms with E-state index in [0.29, 0.717) is 17.7 Å². The van der Waals surface area contributed by atoms with E-state index in [1.54, 1.807) is 44.2 Å². The standard InChI is InChI=1S/C36H54N10O12/c1-5-17(2)27(34(55)43-25(13-26(38)50)33(54)46-29(19(4)49)36(57)58)44-32(53)23(11-20-9-7-6-8-10-20)41-31(52)24(12-21-14-39-16-40-21)42-35(56)28(18(3)48)45-30(51)22(37)15-47/h6-10,14,16-19,22-25,27-29,47-49H,5,11-13,15,37H2,1-4H3,(H2,38,50)(H,39,40)(H,41,52)(H,42,56)(H,43,55)(H,44,53)(H,45,51)(H,46,54)(H,57,58)/t17-,18+,19+,22-,23-,24-,25-,27-,28-,29-/m0/s1. The van der Waals surface area contributed by atoms with E-state index in [-0.39, 0.29) is 12.8 Å². The predicted molar refractivity (Wildman–Crippen MR) is 203 cm³/mol. The molecule has 0 radical (unpaired) electrons. The molecule has 0 saturated carbocycles. The van der Waals surface area contributed by atoms with Crippen molar-refractivity contribution in [2.45, 2.75) is 108 Å². The van der Waals surface area contributed by atoms with Gasteiger partial charge in [0.2, 0.25) is 41.4 Å². The number of hydrogen-bond acceptors (Lipinski definition) is 13. The maximum Gasteiger partial charge on any atom is 0.328 e. The molecule has 58 heavy (non-hydrogen) atoms. The van der Waals surface area contributed by atoms with E-state index < -0.39 is 121 Å². The maximum atomic E-state index is 14.1. The lowest BCUT2D eigenvalue weighted by atomic mass is 9.96. The Balaban J connectivity index is 2.46. The summed E-state index contributed by atoms with van der Waals surface area (Å²) in [6, 6.07) is -2.38. The van der Waals surface area contributed by atoms with Crippen LogP contribution in [0.4, 0.5) is 0 Å². The summed E-state index contributed by atoms with van der Waals surface area (Å²) in [6.45, 7) is 4.87. The summed E-state index contributed by atoms with van der Waals surface area (Å²) < 4.78 is 0. The first-order chi connectivity index (χ1) is 27.3. The number of aliphatic carboxylic acids is 1. The van der Waals surface area contributed by atoms with Gasteiger partial charge in [-0.1, -0.05) is 50.6 Å². The van der Waals surface area contributed by atoms with Crippen LogP contribution in [0.1, 0.15) is 51.8 Å². The van der Waals surface area contributed by atoms with Gasteiger partial charge < -0.3 is 68.8 Å². The van der Waals surface area contributed by atoms with Gasteiger partial charge in [-0.25, -0.2) is 9.78 Å². The number of carboxylic acid groups (broad SMARTS) is 1. The molecule has 0 aliphatic carbocycles. The number of aromatic amines is 1. The second kappa shape index (κ2) is 23.3. The molecule has 15 N–H and O–H groups in total. The van der Waals surface area contributed by atoms with Gasteiger partial charge >= 0.3 is 5.97 Å². The zero-order valence-corrected chi connectivity index (χ0v) is 32.5. The fraction of sp³-hybridized carbons (Fsp3) is 0.528. The number of rotatable bonds is 24. The first-order valence-electron chi connectivity index (χ1n) is 18.4. The smallest absolute Gasteiger partial charge is 0.328 e. The van der Waals surface area contributed by atoms with E-state index in [4.69, 9.17) is 11.5 Å². The summed E-state index contributed by atoms with van der Waals surface area (Å²) in [7, 11) is 0. The highest BCUT2D eigenvalue weighted by molar-refractivity contribution is 5.98. The Morgan fingerprint density at radius 3 is 1.72 bits per heavy atom. The van der Waals surface area contributed by atoms with Gasteiger partial charge in [0, 0.05) is 24.7 Å². The minimum atomic E-state index is -1.80. The average Bonchev–Trinajstić information content (AvgIpc) is 3.69. The summed E-state index contributed by atoms with van der Waals surface area (Å²) >= 11 is 0. The Hall–Kier alpha value is -5.97. The largest absolute Gasteiger partial charge is 0.480 e. The normalized spacial score (nSPS) is 16.3. The number of carbonyl (C=O) groups excluding carboxylic acids is 7. The molecular weight excluding hydrogens is 764 g/mol. The van der Waals surface area contributed by atoms with Gasteiger partial charge in [0.25, 0.3) is 0 Å². The van der Waals surface area contributed by atoms with Crippen LogP contribution in [0.3, 0.4) is 0 Å². The summed E-state index contributed by atoms with van der Waals surface area (Å²) in [6.07, 6.45) is -1.17. The second-order valence-electron chi connectivity index (χ2n) is 13.8. The molecule has 22 heteroatoms. The number of amides is 7. The van der Waals surface area contributed by atoms with Crippen LogP contribution in [0, 0.1) is 5.92 Å². The Morgan fingerprint density at radius 2 is 1.21 bits per heavy atom. The van der Waals surface area contributed by atoms with Crippen LogP contribution in [0.15, 0.2) is 42.9 Å². The molecule has 0 fully saturated rings. The fourth-order valence-corrected chi connectivity index (χ4v) is 5.44. The van der Waals surface area contributed by atoms with Gasteiger partial charge in [-0.05, 0) is 25.3 Å². The lowest BCUT2D eigenvalue weighted by molar-refractivity contribution is -0.145. The van der Waals surface area contributed by atoms with Crippen LogP contribution < -0.4 is 43.4 Å². The first kappa shape index (κ1) is 48.2. The van der Waals surface area contributed by atoms with Crippen LogP contribution in [0.25, 0.3) is 0 Å². The molecule has 1 aromatic carbocycles. The molecule has 22 nitrogen and oxygen atoms in total. The minimum absolute atomic E-state index is 0.133. The predicted octanol–water partition coefficient (Wildman–Crippen LogP) is -4.81.